The van der Waals surface area contributed by atoms with E-state index in [-0.39, 0.29) is 5.78 Å². The normalized spacial score (nSPS) is 21.7. The van der Waals surface area contributed by atoms with Crippen LogP contribution in [0.3, 0.4) is 0 Å². The Morgan fingerprint density at radius 2 is 2.33 bits per heavy atom. The molecule has 0 radical (unpaired) electrons. The summed E-state index contributed by atoms with van der Waals surface area (Å²) in [5, 5.41) is 0. The van der Waals surface area contributed by atoms with E-state index in [0.717, 1.165) is 24.7 Å². The molecule has 1 unspecified atom stereocenters. The maximum atomic E-state index is 12.0. The largest absolute Gasteiger partial charge is 0.359 e. The van der Waals surface area contributed by atoms with Gasteiger partial charge >= 0.3 is 0 Å². The fourth-order valence-electron chi connectivity index (χ4n) is 2.87. The van der Waals surface area contributed by atoms with Crippen LogP contribution in [-0.2, 0) is 0 Å². The SMILES string of the molecule is CCCC1CCCN(CC(=O)c2ccc[nH]2)CC1. The number of aromatic amines is 1. The van der Waals surface area contributed by atoms with E-state index in [1.807, 2.05) is 18.3 Å². The predicted molar refractivity (Wildman–Crippen MR) is 73.8 cm³/mol. The number of aromatic nitrogens is 1. The lowest BCUT2D eigenvalue weighted by Gasteiger charge is -2.18. The summed E-state index contributed by atoms with van der Waals surface area (Å²) >= 11 is 0. The number of nitrogens with zero attached hydrogens (tertiary/aromatic N) is 1. The number of carbonyl (C=O) groups is 1. The monoisotopic (exact) mass is 248 g/mol. The van der Waals surface area contributed by atoms with E-state index < -0.39 is 0 Å². The second kappa shape index (κ2) is 6.74. The van der Waals surface area contributed by atoms with Crippen molar-refractivity contribution in [2.75, 3.05) is 19.6 Å². The zero-order chi connectivity index (χ0) is 12.8. The molecule has 1 aliphatic heterocycles. The van der Waals surface area contributed by atoms with Crippen LogP contribution in [0.2, 0.25) is 0 Å². The van der Waals surface area contributed by atoms with Gasteiger partial charge in [-0.25, -0.2) is 0 Å². The van der Waals surface area contributed by atoms with Crippen LogP contribution in [-0.4, -0.2) is 35.3 Å². The van der Waals surface area contributed by atoms with Crippen LogP contribution in [0.25, 0.3) is 0 Å². The number of rotatable bonds is 5. The predicted octanol–water partition coefficient (Wildman–Crippen LogP) is 3.10. The van der Waals surface area contributed by atoms with Gasteiger partial charge in [0.05, 0.1) is 12.2 Å². The van der Waals surface area contributed by atoms with Crippen molar-refractivity contribution in [1.29, 1.82) is 0 Å². The summed E-state index contributed by atoms with van der Waals surface area (Å²) in [6.45, 7) is 4.99. The zero-order valence-electron chi connectivity index (χ0n) is 11.3. The van der Waals surface area contributed by atoms with Gasteiger partial charge in [-0.05, 0) is 50.4 Å². The Morgan fingerprint density at radius 1 is 1.44 bits per heavy atom. The maximum absolute atomic E-state index is 12.0. The van der Waals surface area contributed by atoms with Gasteiger partial charge in [-0.2, -0.15) is 0 Å². The Hall–Kier alpha value is -1.09. The van der Waals surface area contributed by atoms with Crippen molar-refractivity contribution in [3.05, 3.63) is 24.0 Å². The van der Waals surface area contributed by atoms with Crippen molar-refractivity contribution in [3.8, 4) is 0 Å². The average molecular weight is 248 g/mol. The molecular formula is C15H24N2O. The van der Waals surface area contributed by atoms with Crippen LogP contribution in [0.5, 0.6) is 0 Å². The summed E-state index contributed by atoms with van der Waals surface area (Å²) in [4.78, 5) is 17.3. The van der Waals surface area contributed by atoms with E-state index in [0.29, 0.717) is 6.54 Å². The van der Waals surface area contributed by atoms with Crippen LogP contribution >= 0.6 is 0 Å². The summed E-state index contributed by atoms with van der Waals surface area (Å²) in [5.41, 5.74) is 0.740. The highest BCUT2D eigenvalue weighted by Crippen LogP contribution is 2.21. The third-order valence-corrected chi connectivity index (χ3v) is 3.90. The van der Waals surface area contributed by atoms with E-state index in [1.165, 1.54) is 32.1 Å². The molecule has 0 bridgehead atoms. The first kappa shape index (κ1) is 13.3. The summed E-state index contributed by atoms with van der Waals surface area (Å²) in [5.74, 6) is 1.09. The van der Waals surface area contributed by atoms with Gasteiger partial charge in [0.15, 0.2) is 5.78 Å². The van der Waals surface area contributed by atoms with Gasteiger partial charge in [0.2, 0.25) is 0 Å². The molecule has 2 heterocycles. The summed E-state index contributed by atoms with van der Waals surface area (Å²) in [6, 6.07) is 3.74. The van der Waals surface area contributed by atoms with Crippen molar-refractivity contribution >= 4 is 5.78 Å². The minimum Gasteiger partial charge on any atom is -0.359 e. The number of carbonyl (C=O) groups excluding carboxylic acids is 1. The number of Topliss-reactive ketones (excluding diaryl/α,β-unsaturated/α-hetero) is 1. The molecule has 1 aliphatic rings. The standard InChI is InChI=1S/C15H24N2O/c1-2-5-13-6-4-10-17(11-8-13)12-15(18)14-7-3-9-16-14/h3,7,9,13,16H,2,4-6,8,10-12H2,1H3. The Bertz CT molecular complexity index is 359. The van der Waals surface area contributed by atoms with Crippen molar-refractivity contribution in [2.45, 2.75) is 39.0 Å². The lowest BCUT2D eigenvalue weighted by molar-refractivity contribution is 0.0928. The van der Waals surface area contributed by atoms with Crippen molar-refractivity contribution in [1.82, 2.24) is 9.88 Å². The molecule has 1 saturated heterocycles. The van der Waals surface area contributed by atoms with Crippen LogP contribution < -0.4 is 0 Å². The van der Waals surface area contributed by atoms with E-state index in [4.69, 9.17) is 0 Å². The van der Waals surface area contributed by atoms with E-state index in [9.17, 15) is 4.79 Å². The molecule has 3 heteroatoms. The number of ketones is 1. The van der Waals surface area contributed by atoms with Gasteiger partial charge < -0.3 is 4.98 Å². The van der Waals surface area contributed by atoms with Crippen molar-refractivity contribution in [3.63, 3.8) is 0 Å². The molecule has 1 atom stereocenters. The smallest absolute Gasteiger partial charge is 0.192 e. The molecule has 1 N–H and O–H groups in total. The van der Waals surface area contributed by atoms with Gasteiger partial charge in [-0.15, -0.1) is 0 Å². The first-order chi connectivity index (χ1) is 8.79. The topological polar surface area (TPSA) is 36.1 Å². The van der Waals surface area contributed by atoms with Crippen LogP contribution in [0.1, 0.15) is 49.5 Å². The quantitative estimate of drug-likeness (QED) is 0.813. The minimum atomic E-state index is 0.217. The molecule has 100 valence electrons. The summed E-state index contributed by atoms with van der Waals surface area (Å²) < 4.78 is 0. The fraction of sp³-hybridized carbons (Fsp3) is 0.667. The Morgan fingerprint density at radius 3 is 3.06 bits per heavy atom. The van der Waals surface area contributed by atoms with Crippen molar-refractivity contribution < 1.29 is 4.79 Å². The molecule has 18 heavy (non-hydrogen) atoms. The molecule has 0 aromatic carbocycles. The fourth-order valence-corrected chi connectivity index (χ4v) is 2.87. The number of likely N-dealkylation sites (tertiary alicyclic amines) is 1. The molecule has 1 aromatic heterocycles. The first-order valence-electron chi connectivity index (χ1n) is 7.18. The highest BCUT2D eigenvalue weighted by Gasteiger charge is 2.18. The third kappa shape index (κ3) is 3.70. The molecule has 0 saturated carbocycles. The van der Waals surface area contributed by atoms with E-state index in [1.54, 1.807) is 0 Å². The summed E-state index contributed by atoms with van der Waals surface area (Å²) in [7, 11) is 0. The highest BCUT2D eigenvalue weighted by molar-refractivity contribution is 5.95. The Balaban J connectivity index is 1.81. The Labute approximate surface area is 110 Å². The average Bonchev–Trinajstić information content (AvgIpc) is 2.81. The molecule has 1 aromatic rings. The lowest BCUT2D eigenvalue weighted by Crippen LogP contribution is -2.31. The summed E-state index contributed by atoms with van der Waals surface area (Å²) in [6.07, 6.45) is 8.27. The molecule has 0 aliphatic carbocycles. The van der Waals surface area contributed by atoms with Gasteiger partial charge in [-0.3, -0.25) is 9.69 Å². The molecular weight excluding hydrogens is 224 g/mol. The minimum absolute atomic E-state index is 0.217. The zero-order valence-corrected chi connectivity index (χ0v) is 11.3. The van der Waals surface area contributed by atoms with Crippen LogP contribution in [0.15, 0.2) is 18.3 Å². The molecule has 1 fully saturated rings. The second-order valence-electron chi connectivity index (χ2n) is 5.37. The first-order valence-corrected chi connectivity index (χ1v) is 7.18. The molecule has 3 nitrogen and oxygen atoms in total. The van der Waals surface area contributed by atoms with Crippen molar-refractivity contribution in [2.24, 2.45) is 5.92 Å². The second-order valence-corrected chi connectivity index (χ2v) is 5.37. The van der Waals surface area contributed by atoms with Gasteiger partial charge in [0.25, 0.3) is 0 Å². The van der Waals surface area contributed by atoms with E-state index >= 15 is 0 Å². The number of nitrogens with one attached hydrogen (secondary N) is 1. The van der Waals surface area contributed by atoms with Gasteiger partial charge in [0.1, 0.15) is 0 Å². The molecule has 0 amide bonds. The molecule has 2 rings (SSSR count). The van der Waals surface area contributed by atoms with E-state index in [2.05, 4.69) is 16.8 Å². The number of H-pyrrole nitrogens is 1. The highest BCUT2D eigenvalue weighted by atomic mass is 16.1. The van der Waals surface area contributed by atoms with Crippen LogP contribution in [0.4, 0.5) is 0 Å². The van der Waals surface area contributed by atoms with Crippen LogP contribution in [0, 0.1) is 5.92 Å². The van der Waals surface area contributed by atoms with Gasteiger partial charge in [-0.1, -0.05) is 19.8 Å². The van der Waals surface area contributed by atoms with Gasteiger partial charge in [0, 0.05) is 6.20 Å². The third-order valence-electron chi connectivity index (χ3n) is 3.90. The lowest BCUT2D eigenvalue weighted by atomic mass is 9.96. The molecule has 0 spiro atoms. The number of hydrogen-bond donors (Lipinski definition) is 1. The number of hydrogen-bond acceptors (Lipinski definition) is 2. The Kier molecular flexibility index (Phi) is 5.00. The maximum Gasteiger partial charge on any atom is 0.192 e.